The zero-order valence-corrected chi connectivity index (χ0v) is 13.2. The zero-order valence-electron chi connectivity index (χ0n) is 12.4. The van der Waals surface area contributed by atoms with Crippen molar-refractivity contribution in [2.75, 3.05) is 24.2 Å². The van der Waals surface area contributed by atoms with E-state index in [0.717, 1.165) is 32.2 Å². The summed E-state index contributed by atoms with van der Waals surface area (Å²) in [5, 5.41) is 16.2. The molecule has 0 saturated heterocycles. The van der Waals surface area contributed by atoms with Crippen molar-refractivity contribution in [1.29, 1.82) is 0 Å². The number of rotatable bonds is 5. The van der Waals surface area contributed by atoms with Crippen molar-refractivity contribution >= 4 is 22.6 Å². The Morgan fingerprint density at radius 2 is 2.19 bits per heavy atom. The summed E-state index contributed by atoms with van der Waals surface area (Å²) < 4.78 is 21.9. The standard InChI is InChI=1S/C14H23N3O3S/c1-14(18)5-3-10(4-6-14)8-16-13-12(15-2)7-11(9-17-13)21(19)20/h7,9-10,15,18H,3-6,8H2,1-2H3,(H,16,17)(H,19,20)/p-1. The molecule has 21 heavy (non-hydrogen) atoms. The lowest BCUT2D eigenvalue weighted by Crippen LogP contribution is -2.32. The Kier molecular flexibility index (Phi) is 5.18. The number of hydrogen-bond donors (Lipinski definition) is 3. The second-order valence-electron chi connectivity index (χ2n) is 5.87. The van der Waals surface area contributed by atoms with Gasteiger partial charge < -0.3 is 20.3 Å². The molecule has 1 heterocycles. The van der Waals surface area contributed by atoms with Gasteiger partial charge in [-0.1, -0.05) is 0 Å². The highest BCUT2D eigenvalue weighted by Gasteiger charge is 2.28. The molecule has 0 bridgehead atoms. The third-order valence-electron chi connectivity index (χ3n) is 4.06. The maximum Gasteiger partial charge on any atom is 0.149 e. The quantitative estimate of drug-likeness (QED) is 0.716. The lowest BCUT2D eigenvalue weighted by molar-refractivity contribution is 0.00976. The maximum atomic E-state index is 10.9. The van der Waals surface area contributed by atoms with Crippen LogP contribution in [0.25, 0.3) is 0 Å². The molecule has 3 N–H and O–H groups in total. The van der Waals surface area contributed by atoms with E-state index in [9.17, 15) is 13.9 Å². The van der Waals surface area contributed by atoms with E-state index in [-0.39, 0.29) is 4.90 Å². The molecule has 2 rings (SSSR count). The fraction of sp³-hybridized carbons (Fsp3) is 0.643. The van der Waals surface area contributed by atoms with Gasteiger partial charge in [-0.25, -0.2) is 4.98 Å². The number of nitrogens with zero attached hydrogens (tertiary/aromatic N) is 1. The van der Waals surface area contributed by atoms with Crippen molar-refractivity contribution in [2.45, 2.75) is 43.1 Å². The highest BCUT2D eigenvalue weighted by atomic mass is 32.2. The van der Waals surface area contributed by atoms with Gasteiger partial charge in [0.1, 0.15) is 5.82 Å². The number of nitrogens with one attached hydrogen (secondary N) is 2. The predicted molar refractivity (Wildman–Crippen MR) is 82.0 cm³/mol. The first-order valence-corrected chi connectivity index (χ1v) is 8.22. The first kappa shape index (κ1) is 16.2. The molecule has 1 aliphatic carbocycles. The van der Waals surface area contributed by atoms with E-state index in [4.69, 9.17) is 0 Å². The van der Waals surface area contributed by atoms with Crippen LogP contribution in [-0.2, 0) is 11.1 Å². The first-order valence-electron chi connectivity index (χ1n) is 7.14. The Bertz CT molecular complexity index is 512. The highest BCUT2D eigenvalue weighted by molar-refractivity contribution is 7.79. The number of pyridine rings is 1. The molecular weight excluding hydrogens is 290 g/mol. The molecule has 1 atom stereocenters. The number of anilines is 2. The van der Waals surface area contributed by atoms with Crippen LogP contribution in [0.3, 0.4) is 0 Å². The normalized spacial score (nSPS) is 27.1. The van der Waals surface area contributed by atoms with Gasteiger partial charge in [0, 0.05) is 24.7 Å². The van der Waals surface area contributed by atoms with E-state index < -0.39 is 16.7 Å². The van der Waals surface area contributed by atoms with E-state index in [0.29, 0.717) is 17.4 Å². The van der Waals surface area contributed by atoms with Crippen molar-refractivity contribution in [3.05, 3.63) is 12.3 Å². The number of aromatic nitrogens is 1. The summed E-state index contributed by atoms with van der Waals surface area (Å²) in [6.45, 7) is 2.66. The lowest BCUT2D eigenvalue weighted by atomic mass is 9.80. The topological polar surface area (TPSA) is 97.3 Å². The molecule has 0 aromatic carbocycles. The molecule has 0 amide bonds. The Balaban J connectivity index is 1.95. The van der Waals surface area contributed by atoms with Crippen LogP contribution in [0.1, 0.15) is 32.6 Å². The molecule has 118 valence electrons. The Morgan fingerprint density at radius 3 is 2.76 bits per heavy atom. The fourth-order valence-corrected chi connectivity index (χ4v) is 2.97. The Hall–Kier alpha value is -1.18. The summed E-state index contributed by atoms with van der Waals surface area (Å²) in [5.74, 6) is 1.16. The summed E-state index contributed by atoms with van der Waals surface area (Å²) in [7, 11) is 1.73. The molecule has 1 aromatic rings. The summed E-state index contributed by atoms with van der Waals surface area (Å²) in [4.78, 5) is 4.33. The van der Waals surface area contributed by atoms with Gasteiger partial charge in [-0.2, -0.15) is 0 Å². The maximum absolute atomic E-state index is 10.9. The van der Waals surface area contributed by atoms with Gasteiger partial charge in [0.05, 0.1) is 11.3 Å². The van der Waals surface area contributed by atoms with E-state index in [1.807, 2.05) is 6.92 Å². The lowest BCUT2D eigenvalue weighted by Gasteiger charge is -2.33. The molecule has 1 aromatic heterocycles. The van der Waals surface area contributed by atoms with Gasteiger partial charge in [0.15, 0.2) is 0 Å². The average Bonchev–Trinajstić information content (AvgIpc) is 2.46. The van der Waals surface area contributed by atoms with Gasteiger partial charge in [0.25, 0.3) is 0 Å². The molecule has 6 nitrogen and oxygen atoms in total. The van der Waals surface area contributed by atoms with Gasteiger partial charge >= 0.3 is 0 Å². The van der Waals surface area contributed by atoms with Crippen LogP contribution in [-0.4, -0.2) is 38.0 Å². The minimum absolute atomic E-state index is 0.165. The minimum Gasteiger partial charge on any atom is -0.768 e. The van der Waals surface area contributed by atoms with Crippen LogP contribution < -0.4 is 10.6 Å². The smallest absolute Gasteiger partial charge is 0.149 e. The largest absolute Gasteiger partial charge is 0.768 e. The van der Waals surface area contributed by atoms with Gasteiger partial charge in [-0.3, -0.25) is 4.21 Å². The minimum atomic E-state index is -2.27. The molecule has 7 heteroatoms. The van der Waals surface area contributed by atoms with E-state index in [2.05, 4.69) is 15.6 Å². The van der Waals surface area contributed by atoms with E-state index in [1.54, 1.807) is 13.1 Å². The Morgan fingerprint density at radius 1 is 1.52 bits per heavy atom. The summed E-state index contributed by atoms with van der Waals surface area (Å²) in [6.07, 6.45) is 4.95. The molecular formula is C14H22N3O3S-. The average molecular weight is 312 g/mol. The monoisotopic (exact) mass is 312 g/mol. The van der Waals surface area contributed by atoms with E-state index >= 15 is 0 Å². The molecule has 1 fully saturated rings. The molecule has 0 aliphatic heterocycles. The van der Waals surface area contributed by atoms with Crippen LogP contribution >= 0.6 is 0 Å². The van der Waals surface area contributed by atoms with Crippen LogP contribution in [0.15, 0.2) is 17.2 Å². The van der Waals surface area contributed by atoms with Crippen LogP contribution in [0.2, 0.25) is 0 Å². The summed E-state index contributed by atoms with van der Waals surface area (Å²) in [6, 6.07) is 1.56. The van der Waals surface area contributed by atoms with Crippen LogP contribution in [0, 0.1) is 5.92 Å². The van der Waals surface area contributed by atoms with Crippen molar-refractivity contribution in [2.24, 2.45) is 5.92 Å². The molecule has 0 radical (unpaired) electrons. The van der Waals surface area contributed by atoms with Crippen molar-refractivity contribution < 1.29 is 13.9 Å². The predicted octanol–water partition coefficient (Wildman–Crippen LogP) is 1.71. The summed E-state index contributed by atoms with van der Waals surface area (Å²) in [5.41, 5.74) is 0.143. The van der Waals surface area contributed by atoms with Gasteiger partial charge in [0.2, 0.25) is 0 Å². The number of aliphatic hydroxyl groups is 1. The third kappa shape index (κ3) is 4.39. The summed E-state index contributed by atoms with van der Waals surface area (Å²) >= 11 is -2.27. The zero-order chi connectivity index (χ0) is 15.5. The molecule has 1 unspecified atom stereocenters. The van der Waals surface area contributed by atoms with Gasteiger partial charge in [-0.15, -0.1) is 0 Å². The molecule has 1 saturated carbocycles. The highest BCUT2D eigenvalue weighted by Crippen LogP contribution is 2.32. The van der Waals surface area contributed by atoms with Crippen LogP contribution in [0.5, 0.6) is 0 Å². The second-order valence-corrected chi connectivity index (χ2v) is 6.81. The SMILES string of the molecule is CNc1cc(S(=O)[O-])cnc1NCC1CCC(C)(O)CC1. The third-order valence-corrected chi connectivity index (χ3v) is 4.67. The fourth-order valence-electron chi connectivity index (χ4n) is 2.61. The Labute approximate surface area is 127 Å². The molecule has 0 spiro atoms. The van der Waals surface area contributed by atoms with Crippen molar-refractivity contribution in [3.63, 3.8) is 0 Å². The van der Waals surface area contributed by atoms with Crippen molar-refractivity contribution in [1.82, 2.24) is 4.98 Å². The van der Waals surface area contributed by atoms with Crippen LogP contribution in [0.4, 0.5) is 11.5 Å². The second kappa shape index (κ2) is 6.72. The van der Waals surface area contributed by atoms with E-state index in [1.165, 1.54) is 6.20 Å². The number of hydrogen-bond acceptors (Lipinski definition) is 6. The van der Waals surface area contributed by atoms with Gasteiger partial charge in [-0.05, 0) is 55.7 Å². The van der Waals surface area contributed by atoms with Crippen molar-refractivity contribution in [3.8, 4) is 0 Å². The molecule has 1 aliphatic rings. The first-order chi connectivity index (χ1) is 9.91.